The maximum Gasteiger partial charge on any atom is 0.288 e. The van der Waals surface area contributed by atoms with Crippen LogP contribution in [0.25, 0.3) is 0 Å². The second-order valence-corrected chi connectivity index (χ2v) is 9.31. The van der Waals surface area contributed by atoms with Crippen LogP contribution in [-0.2, 0) is 0 Å². The molecule has 2 aromatic carbocycles. The number of nitro groups is 1. The van der Waals surface area contributed by atoms with Crippen LogP contribution in [0.3, 0.4) is 0 Å². The molecule has 3 aliphatic rings. The summed E-state index contributed by atoms with van der Waals surface area (Å²) in [6.45, 7) is 9.56. The molecule has 3 fully saturated rings. The van der Waals surface area contributed by atoms with Crippen LogP contribution in [0.2, 0.25) is 10.0 Å². The van der Waals surface area contributed by atoms with Crippen molar-refractivity contribution in [2.75, 3.05) is 39.3 Å². The van der Waals surface area contributed by atoms with E-state index >= 15 is 0 Å². The molecule has 5 rings (SSSR count). The minimum atomic E-state index is -1.43. The largest absolute Gasteiger partial charge is 0.388 e. The first-order valence-corrected chi connectivity index (χ1v) is 11.7. The van der Waals surface area contributed by atoms with Crippen molar-refractivity contribution in [2.24, 2.45) is 0 Å². The van der Waals surface area contributed by atoms with Crippen molar-refractivity contribution in [1.82, 2.24) is 9.80 Å². The minimum absolute atomic E-state index is 0.00154. The Bertz CT molecular complexity index is 1010. The third kappa shape index (κ3) is 6.62. The Hall–Kier alpha value is -1.88. The summed E-state index contributed by atoms with van der Waals surface area (Å²) in [6, 6.07) is 4.06. The zero-order chi connectivity index (χ0) is 25.0. The molecule has 3 saturated heterocycles. The number of piperazine rings is 3. The summed E-state index contributed by atoms with van der Waals surface area (Å²) in [5.74, 6) is -1.60. The molecule has 3 aliphatic heterocycles. The molecule has 2 aromatic rings. The zero-order valence-electron chi connectivity index (χ0n) is 18.7. The highest BCUT2D eigenvalue weighted by atomic mass is 35.5. The van der Waals surface area contributed by atoms with Crippen molar-refractivity contribution in [3.63, 3.8) is 0 Å². The van der Waals surface area contributed by atoms with E-state index in [-0.39, 0.29) is 34.0 Å². The van der Waals surface area contributed by atoms with Crippen LogP contribution < -0.4 is 0 Å². The first-order valence-electron chi connectivity index (χ1n) is 11.0. The lowest BCUT2D eigenvalue weighted by Crippen LogP contribution is -2.55. The second-order valence-electron chi connectivity index (χ2n) is 8.50. The van der Waals surface area contributed by atoms with E-state index in [1.54, 1.807) is 6.92 Å². The summed E-state index contributed by atoms with van der Waals surface area (Å²) in [4.78, 5) is 15.2. The Morgan fingerprint density at radius 2 is 1.29 bits per heavy atom. The Labute approximate surface area is 206 Å². The van der Waals surface area contributed by atoms with E-state index in [1.165, 1.54) is 45.3 Å². The fraction of sp³-hybridized carbons (Fsp3) is 0.478. The molecule has 0 unspecified atom stereocenters. The van der Waals surface area contributed by atoms with Crippen molar-refractivity contribution in [3.05, 3.63) is 72.7 Å². The summed E-state index contributed by atoms with van der Waals surface area (Å²) in [6.07, 6.45) is -2.95. The van der Waals surface area contributed by atoms with Crippen LogP contribution in [0.4, 0.5) is 14.5 Å². The monoisotopic (exact) mass is 517 g/mol. The molecule has 0 saturated carbocycles. The van der Waals surface area contributed by atoms with Gasteiger partial charge < -0.3 is 10.2 Å². The molecular weight excluding hydrogens is 491 g/mol. The highest BCUT2D eigenvalue weighted by Gasteiger charge is 2.24. The predicted octanol–water partition coefficient (Wildman–Crippen LogP) is 4.65. The van der Waals surface area contributed by atoms with Crippen LogP contribution in [0, 0.1) is 28.7 Å². The van der Waals surface area contributed by atoms with Crippen LogP contribution in [-0.4, -0.2) is 64.2 Å². The van der Waals surface area contributed by atoms with Gasteiger partial charge in [-0.05, 0) is 43.5 Å². The normalized spacial score (nSPS) is 20.9. The van der Waals surface area contributed by atoms with Crippen molar-refractivity contribution in [2.45, 2.75) is 32.0 Å². The molecule has 3 heterocycles. The average Bonchev–Trinajstić information content (AvgIpc) is 2.81. The van der Waals surface area contributed by atoms with E-state index in [4.69, 9.17) is 23.2 Å². The number of halogens is 4. The topological polar surface area (TPSA) is 90.1 Å². The molecule has 0 amide bonds. The maximum absolute atomic E-state index is 13.9. The number of nitrogens with zero attached hydrogens (tertiary/aromatic N) is 3. The fourth-order valence-electron chi connectivity index (χ4n) is 4.03. The molecule has 0 aliphatic carbocycles. The van der Waals surface area contributed by atoms with E-state index in [0.29, 0.717) is 5.56 Å². The number of fused-ring (bicyclic) bond motifs is 3. The van der Waals surface area contributed by atoms with Gasteiger partial charge in [-0.2, -0.15) is 0 Å². The first-order chi connectivity index (χ1) is 16.1. The highest BCUT2D eigenvalue weighted by Crippen LogP contribution is 2.34. The third-order valence-corrected chi connectivity index (χ3v) is 6.88. The van der Waals surface area contributed by atoms with Crippen LogP contribution in [0.5, 0.6) is 0 Å². The summed E-state index contributed by atoms with van der Waals surface area (Å²) < 4.78 is 27.9. The van der Waals surface area contributed by atoms with Gasteiger partial charge >= 0.3 is 0 Å². The van der Waals surface area contributed by atoms with Gasteiger partial charge in [0.2, 0.25) is 0 Å². The van der Waals surface area contributed by atoms with E-state index in [9.17, 15) is 29.1 Å². The Morgan fingerprint density at radius 3 is 1.71 bits per heavy atom. The third-order valence-electron chi connectivity index (χ3n) is 6.17. The maximum atomic E-state index is 13.9. The lowest BCUT2D eigenvalue weighted by Gasteiger charge is -2.41. The van der Waals surface area contributed by atoms with Crippen LogP contribution in [0.1, 0.15) is 41.7 Å². The van der Waals surface area contributed by atoms with Crippen molar-refractivity contribution in [1.29, 1.82) is 0 Å². The number of benzene rings is 2. The number of nitro benzene ring substituents is 1. The van der Waals surface area contributed by atoms with Gasteiger partial charge in [0, 0.05) is 61.5 Å². The molecule has 0 spiro atoms. The van der Waals surface area contributed by atoms with Gasteiger partial charge in [-0.3, -0.25) is 19.9 Å². The van der Waals surface area contributed by atoms with Crippen LogP contribution in [0.15, 0.2) is 24.3 Å². The Kier molecular flexibility index (Phi) is 9.20. The van der Waals surface area contributed by atoms with Gasteiger partial charge in [0.15, 0.2) is 0 Å². The highest BCUT2D eigenvalue weighted by molar-refractivity contribution is 6.32. The number of hydrogen-bond acceptors (Lipinski definition) is 6. The van der Waals surface area contributed by atoms with Gasteiger partial charge in [-0.15, -0.1) is 0 Å². The van der Waals surface area contributed by atoms with E-state index in [0.717, 1.165) is 18.2 Å². The number of rotatable bonds is 6. The van der Waals surface area contributed by atoms with Crippen LogP contribution >= 0.6 is 23.2 Å². The minimum Gasteiger partial charge on any atom is -0.388 e. The molecule has 7 nitrogen and oxygen atoms in total. The summed E-state index contributed by atoms with van der Waals surface area (Å²) in [5, 5.41) is 31.0. The predicted molar refractivity (Wildman–Crippen MR) is 126 cm³/mol. The lowest BCUT2D eigenvalue weighted by atomic mass is 9.97. The molecule has 11 heteroatoms. The van der Waals surface area contributed by atoms with Crippen molar-refractivity contribution < 1.29 is 23.9 Å². The SMILES string of the molecule is C1CN2CCN1CC2.Cc1cc([C@H](O)CC[C@H](O)c2cc([N+](=O)[O-])c(Cl)cc2F)c(F)cc1Cl. The Morgan fingerprint density at radius 1 is 0.882 bits per heavy atom. The standard InChI is InChI=1S/C17H15Cl2F2NO4.C6H12N2/c1-8-4-9(13(20)6-11(8)18)16(23)2-3-17(24)10-5-15(22(25)26)12(19)7-14(10)21;1-2-8-5-3-7(1)4-6-8/h4-7,16-17,23-24H,2-3H2,1H3;1-6H2/t16-,17+;/m1./s1. The smallest absolute Gasteiger partial charge is 0.288 e. The molecule has 186 valence electrons. The van der Waals surface area contributed by atoms with Crippen molar-refractivity contribution >= 4 is 28.9 Å². The molecule has 2 N–H and O–H groups in total. The summed E-state index contributed by atoms with van der Waals surface area (Å²) in [5.41, 5.74) is -0.285. The molecular formula is C23H27Cl2F2N3O4. The van der Waals surface area contributed by atoms with Gasteiger partial charge in [-0.25, -0.2) is 8.78 Å². The zero-order valence-corrected chi connectivity index (χ0v) is 20.2. The fourth-order valence-corrected chi connectivity index (χ4v) is 4.40. The van der Waals surface area contributed by atoms with Crippen molar-refractivity contribution in [3.8, 4) is 0 Å². The molecule has 2 atom stereocenters. The number of aliphatic hydroxyl groups is 2. The second kappa shape index (κ2) is 11.7. The lowest BCUT2D eigenvalue weighted by molar-refractivity contribution is -0.384. The van der Waals surface area contributed by atoms with Gasteiger partial charge in [0.05, 0.1) is 17.1 Å². The van der Waals surface area contributed by atoms with Gasteiger partial charge in [0.25, 0.3) is 5.69 Å². The van der Waals surface area contributed by atoms with Gasteiger partial charge in [-0.1, -0.05) is 23.2 Å². The van der Waals surface area contributed by atoms with E-state index in [2.05, 4.69) is 9.80 Å². The summed E-state index contributed by atoms with van der Waals surface area (Å²) >= 11 is 11.4. The molecule has 0 aromatic heterocycles. The van der Waals surface area contributed by atoms with E-state index in [1.807, 2.05) is 0 Å². The quantitative estimate of drug-likeness (QED) is 0.428. The van der Waals surface area contributed by atoms with E-state index < -0.39 is 34.5 Å². The molecule has 0 radical (unpaired) electrons. The number of aryl methyl sites for hydroxylation is 1. The summed E-state index contributed by atoms with van der Waals surface area (Å²) in [7, 11) is 0. The molecule has 2 bridgehead atoms. The average molecular weight is 518 g/mol. The first kappa shape index (κ1) is 26.7. The number of hydrogen-bond donors (Lipinski definition) is 2. The number of aliphatic hydroxyl groups excluding tert-OH is 2. The molecule has 34 heavy (non-hydrogen) atoms. The van der Waals surface area contributed by atoms with Gasteiger partial charge in [0.1, 0.15) is 16.7 Å². The Balaban J connectivity index is 0.000000335.